The molecule has 152 valence electrons. The largest absolute Gasteiger partial charge is 0.468 e. The van der Waals surface area contributed by atoms with Gasteiger partial charge in [-0.2, -0.15) is 0 Å². The number of amides is 3. The van der Waals surface area contributed by atoms with E-state index in [1.165, 1.54) is 13.2 Å². The lowest BCUT2D eigenvalue weighted by molar-refractivity contribution is -0.141. The number of carbonyl (C=O) groups is 4. The molecule has 0 aliphatic heterocycles. The molecule has 0 spiro atoms. The van der Waals surface area contributed by atoms with Crippen LogP contribution in [0.1, 0.15) is 26.3 Å². The van der Waals surface area contributed by atoms with Gasteiger partial charge in [-0.15, -0.1) is 0 Å². The average Bonchev–Trinajstić information content (AvgIpc) is 2.62. The first kappa shape index (κ1) is 22.7. The summed E-state index contributed by atoms with van der Waals surface area (Å²) in [5.41, 5.74) is -0.174. The summed E-state index contributed by atoms with van der Waals surface area (Å²) in [6, 6.07) is 8.84. The van der Waals surface area contributed by atoms with E-state index in [0.29, 0.717) is 5.56 Å². The average molecular weight is 391 g/mol. The van der Waals surface area contributed by atoms with Crippen LogP contribution in [0.25, 0.3) is 6.08 Å². The third-order valence-corrected chi connectivity index (χ3v) is 3.06. The normalized spacial score (nSPS) is 11.2. The molecule has 0 bridgehead atoms. The molecule has 9 heteroatoms. The van der Waals surface area contributed by atoms with Gasteiger partial charge in [0.1, 0.15) is 17.8 Å². The van der Waals surface area contributed by atoms with E-state index in [1.54, 1.807) is 45.0 Å². The molecule has 0 saturated heterocycles. The Morgan fingerprint density at radius 3 is 2.21 bits per heavy atom. The number of carbonyl (C=O) groups excluding carboxylic acids is 4. The molecule has 0 fully saturated rings. The summed E-state index contributed by atoms with van der Waals surface area (Å²) in [7, 11) is 1.19. The first-order valence-corrected chi connectivity index (χ1v) is 8.49. The quantitative estimate of drug-likeness (QED) is 0.470. The Morgan fingerprint density at radius 1 is 1.00 bits per heavy atom. The maximum absolute atomic E-state index is 12.4. The number of nitrogens with one attached hydrogen (secondary N) is 3. The molecule has 0 aliphatic rings. The third kappa shape index (κ3) is 9.37. The molecule has 0 aromatic heterocycles. The Labute approximate surface area is 163 Å². The van der Waals surface area contributed by atoms with Crippen LogP contribution in [0, 0.1) is 0 Å². The lowest BCUT2D eigenvalue weighted by atomic mass is 10.2. The van der Waals surface area contributed by atoms with Gasteiger partial charge >= 0.3 is 12.1 Å². The van der Waals surface area contributed by atoms with Gasteiger partial charge in [0.05, 0.1) is 13.7 Å². The molecule has 0 heterocycles. The molecule has 0 aliphatic carbocycles. The maximum atomic E-state index is 12.4. The highest BCUT2D eigenvalue weighted by Gasteiger charge is 2.20. The van der Waals surface area contributed by atoms with Crippen LogP contribution < -0.4 is 16.0 Å². The van der Waals surface area contributed by atoms with Crippen LogP contribution in [0.3, 0.4) is 0 Å². The number of rotatable bonds is 7. The summed E-state index contributed by atoms with van der Waals surface area (Å²) in [6.07, 6.45) is 0.644. The minimum Gasteiger partial charge on any atom is -0.468 e. The zero-order valence-electron chi connectivity index (χ0n) is 16.3. The van der Waals surface area contributed by atoms with E-state index in [1.807, 2.05) is 6.07 Å². The van der Waals surface area contributed by atoms with E-state index >= 15 is 0 Å². The lowest BCUT2D eigenvalue weighted by Gasteiger charge is -2.20. The van der Waals surface area contributed by atoms with Crippen LogP contribution in [0.4, 0.5) is 4.79 Å². The van der Waals surface area contributed by atoms with Crippen molar-refractivity contribution in [2.75, 3.05) is 20.2 Å². The van der Waals surface area contributed by atoms with Crippen LogP contribution in [0.5, 0.6) is 0 Å². The van der Waals surface area contributed by atoms with Crippen molar-refractivity contribution in [3.63, 3.8) is 0 Å². The van der Waals surface area contributed by atoms with Gasteiger partial charge in [-0.05, 0) is 32.4 Å². The molecule has 1 rings (SSSR count). The molecule has 3 N–H and O–H groups in total. The highest BCUT2D eigenvalue weighted by molar-refractivity contribution is 6.01. The molecule has 0 unspecified atom stereocenters. The summed E-state index contributed by atoms with van der Waals surface area (Å²) >= 11 is 0. The SMILES string of the molecule is COC(=O)CNC(=O)CNC(=O)/C(=C/c1ccccc1)NC(=O)OC(C)(C)C. The summed E-state index contributed by atoms with van der Waals surface area (Å²) in [5.74, 6) is -1.89. The number of ether oxygens (including phenoxy) is 2. The summed E-state index contributed by atoms with van der Waals surface area (Å²) in [5, 5.41) is 7.05. The summed E-state index contributed by atoms with van der Waals surface area (Å²) < 4.78 is 9.56. The molecular weight excluding hydrogens is 366 g/mol. The van der Waals surface area contributed by atoms with Crippen LogP contribution in [-0.4, -0.2) is 49.7 Å². The van der Waals surface area contributed by atoms with Crippen LogP contribution in [0.15, 0.2) is 36.0 Å². The molecule has 0 radical (unpaired) electrons. The number of hydrogen-bond donors (Lipinski definition) is 3. The predicted molar refractivity (Wildman–Crippen MR) is 102 cm³/mol. The zero-order chi connectivity index (χ0) is 21.2. The number of methoxy groups -OCH3 is 1. The monoisotopic (exact) mass is 391 g/mol. The van der Waals surface area contributed by atoms with E-state index in [-0.39, 0.29) is 12.2 Å². The fourth-order valence-corrected chi connectivity index (χ4v) is 1.85. The van der Waals surface area contributed by atoms with E-state index in [0.717, 1.165) is 0 Å². The van der Waals surface area contributed by atoms with E-state index in [2.05, 4.69) is 20.7 Å². The van der Waals surface area contributed by atoms with Crippen LogP contribution in [0.2, 0.25) is 0 Å². The fraction of sp³-hybridized carbons (Fsp3) is 0.368. The van der Waals surface area contributed by atoms with Crippen molar-refractivity contribution in [2.45, 2.75) is 26.4 Å². The molecule has 3 amide bonds. The van der Waals surface area contributed by atoms with Gasteiger partial charge in [0.2, 0.25) is 5.91 Å². The first-order chi connectivity index (χ1) is 13.1. The van der Waals surface area contributed by atoms with Gasteiger partial charge in [0, 0.05) is 0 Å². The molecule has 28 heavy (non-hydrogen) atoms. The van der Waals surface area contributed by atoms with Gasteiger partial charge in [-0.1, -0.05) is 30.3 Å². The summed E-state index contributed by atoms with van der Waals surface area (Å²) in [6.45, 7) is 4.38. The minimum absolute atomic E-state index is 0.0961. The zero-order valence-corrected chi connectivity index (χ0v) is 16.3. The molecule has 1 aromatic carbocycles. The Kier molecular flexibility index (Phi) is 8.67. The smallest absolute Gasteiger partial charge is 0.412 e. The highest BCUT2D eigenvalue weighted by Crippen LogP contribution is 2.09. The molecule has 0 saturated carbocycles. The highest BCUT2D eigenvalue weighted by atomic mass is 16.6. The third-order valence-electron chi connectivity index (χ3n) is 3.06. The van der Waals surface area contributed by atoms with Crippen molar-refractivity contribution >= 4 is 30.0 Å². The number of hydrogen-bond acceptors (Lipinski definition) is 6. The van der Waals surface area contributed by atoms with Crippen molar-refractivity contribution in [2.24, 2.45) is 0 Å². The van der Waals surface area contributed by atoms with Crippen molar-refractivity contribution in [3.8, 4) is 0 Å². The second-order valence-electron chi connectivity index (χ2n) is 6.63. The van der Waals surface area contributed by atoms with Crippen molar-refractivity contribution < 1.29 is 28.7 Å². The first-order valence-electron chi connectivity index (χ1n) is 8.49. The Hall–Kier alpha value is -3.36. The summed E-state index contributed by atoms with van der Waals surface area (Å²) in [4.78, 5) is 47.2. The van der Waals surface area contributed by atoms with E-state index in [4.69, 9.17) is 4.74 Å². The predicted octanol–water partition coefficient (Wildman–Crippen LogP) is 0.958. The number of alkyl carbamates (subject to hydrolysis) is 1. The minimum atomic E-state index is -0.806. The fourth-order valence-electron chi connectivity index (χ4n) is 1.85. The van der Waals surface area contributed by atoms with Gasteiger partial charge < -0.3 is 20.1 Å². The van der Waals surface area contributed by atoms with Gasteiger partial charge in [0.25, 0.3) is 5.91 Å². The second-order valence-corrected chi connectivity index (χ2v) is 6.63. The molecule has 1 aromatic rings. The second kappa shape index (κ2) is 10.7. The number of benzene rings is 1. The lowest BCUT2D eigenvalue weighted by Crippen LogP contribution is -2.42. The van der Waals surface area contributed by atoms with E-state index in [9.17, 15) is 19.2 Å². The Morgan fingerprint density at radius 2 is 1.64 bits per heavy atom. The van der Waals surface area contributed by atoms with Crippen molar-refractivity contribution in [3.05, 3.63) is 41.6 Å². The molecule has 9 nitrogen and oxygen atoms in total. The van der Waals surface area contributed by atoms with Crippen LogP contribution >= 0.6 is 0 Å². The van der Waals surface area contributed by atoms with Gasteiger partial charge in [-0.3, -0.25) is 19.7 Å². The Balaban J connectivity index is 2.79. The Bertz CT molecular complexity index is 738. The maximum Gasteiger partial charge on any atom is 0.412 e. The molecule has 0 atom stereocenters. The number of esters is 1. The standard InChI is InChI=1S/C19H25N3O6/c1-19(2,3)28-18(26)22-14(10-13-8-6-5-7-9-13)17(25)21-11-15(23)20-12-16(24)27-4/h5-10H,11-12H2,1-4H3,(H,20,23)(H,21,25)(H,22,26)/b14-10-. The van der Waals surface area contributed by atoms with E-state index < -0.39 is 36.0 Å². The topological polar surface area (TPSA) is 123 Å². The van der Waals surface area contributed by atoms with Crippen molar-refractivity contribution in [1.82, 2.24) is 16.0 Å². The molecular formula is C19H25N3O6. The van der Waals surface area contributed by atoms with Crippen molar-refractivity contribution in [1.29, 1.82) is 0 Å². The van der Waals surface area contributed by atoms with Crippen LogP contribution in [-0.2, 0) is 23.9 Å². The van der Waals surface area contributed by atoms with Gasteiger partial charge in [-0.25, -0.2) is 4.79 Å². The van der Waals surface area contributed by atoms with Gasteiger partial charge in [0.15, 0.2) is 0 Å².